The number of carbonyl (C=O) groups is 1. The normalized spacial score (nSPS) is 10.8. The highest BCUT2D eigenvalue weighted by Gasteiger charge is 2.13. The van der Waals surface area contributed by atoms with E-state index in [4.69, 9.17) is 9.15 Å². The molecule has 9 heteroatoms. The van der Waals surface area contributed by atoms with Gasteiger partial charge >= 0.3 is 0 Å². The van der Waals surface area contributed by atoms with Crippen LogP contribution in [-0.4, -0.2) is 32.9 Å². The molecule has 164 valence electrons. The number of pyridine rings is 1. The highest BCUT2D eigenvalue weighted by Crippen LogP contribution is 2.31. The van der Waals surface area contributed by atoms with Gasteiger partial charge in [-0.1, -0.05) is 12.1 Å². The molecule has 33 heavy (non-hydrogen) atoms. The minimum atomic E-state index is -0.285. The molecule has 3 heterocycles. The van der Waals surface area contributed by atoms with Crippen LogP contribution in [0, 0.1) is 6.92 Å². The lowest BCUT2D eigenvalue weighted by molar-refractivity contribution is 0.0958. The number of carbonyl (C=O) groups excluding carboxylic acids is 1. The maximum Gasteiger partial charge on any atom is 0.300 e. The van der Waals surface area contributed by atoms with Gasteiger partial charge in [0.05, 0.1) is 5.69 Å². The quantitative estimate of drug-likeness (QED) is 0.346. The molecule has 0 saturated carbocycles. The van der Waals surface area contributed by atoms with E-state index in [0.29, 0.717) is 28.6 Å². The number of aryl methyl sites for hydroxylation is 1. The first-order chi connectivity index (χ1) is 16.1. The Hall–Kier alpha value is -4.66. The van der Waals surface area contributed by atoms with E-state index < -0.39 is 0 Å². The molecule has 9 nitrogen and oxygen atoms in total. The van der Waals surface area contributed by atoms with E-state index in [1.54, 1.807) is 37.5 Å². The van der Waals surface area contributed by atoms with Crippen LogP contribution in [0.5, 0.6) is 11.5 Å². The van der Waals surface area contributed by atoms with Crippen LogP contribution in [-0.2, 0) is 0 Å². The van der Waals surface area contributed by atoms with Gasteiger partial charge in [0.2, 0.25) is 0 Å². The van der Waals surface area contributed by atoms with E-state index in [0.717, 1.165) is 22.8 Å². The summed E-state index contributed by atoms with van der Waals surface area (Å²) in [5.41, 5.74) is 4.20. The van der Waals surface area contributed by atoms with Crippen molar-refractivity contribution < 1.29 is 13.9 Å². The van der Waals surface area contributed by atoms with Gasteiger partial charge in [-0.15, -0.1) is 0 Å². The lowest BCUT2D eigenvalue weighted by Crippen LogP contribution is -2.18. The number of benzene rings is 2. The van der Waals surface area contributed by atoms with Crippen LogP contribution in [0.2, 0.25) is 0 Å². The number of nitrogens with zero attached hydrogens (tertiary/aromatic N) is 3. The summed E-state index contributed by atoms with van der Waals surface area (Å²) in [5.74, 6) is 1.51. The number of anilines is 2. The standard InChI is InChI=1S/C24H20N6O3/c1-14-13-27-22(28-14)17-5-3-4-6-18(17)29-24-30-19-8-7-15(12-21(19)33-24)32-16-9-10-26-20(11-16)23(31)25-2/h3-13H,1-2H3,(H,25,31)(H,27,28)(H,29,30). The van der Waals surface area contributed by atoms with E-state index in [1.807, 2.05) is 37.3 Å². The highest BCUT2D eigenvalue weighted by atomic mass is 16.5. The molecule has 0 bridgehead atoms. The first kappa shape index (κ1) is 20.3. The number of hydrogen-bond acceptors (Lipinski definition) is 7. The van der Waals surface area contributed by atoms with Crippen LogP contribution in [0.1, 0.15) is 16.2 Å². The predicted molar refractivity (Wildman–Crippen MR) is 124 cm³/mol. The molecule has 0 radical (unpaired) electrons. The van der Waals surface area contributed by atoms with Crippen LogP contribution in [0.3, 0.4) is 0 Å². The van der Waals surface area contributed by atoms with E-state index >= 15 is 0 Å². The average Bonchev–Trinajstić information content (AvgIpc) is 3.44. The van der Waals surface area contributed by atoms with Gasteiger partial charge in [-0.3, -0.25) is 9.78 Å². The van der Waals surface area contributed by atoms with Gasteiger partial charge in [0, 0.05) is 42.8 Å². The average molecular weight is 440 g/mol. The predicted octanol–water partition coefficient (Wildman–Crippen LogP) is 4.82. The fraction of sp³-hybridized carbons (Fsp3) is 0.0833. The minimum Gasteiger partial charge on any atom is -0.457 e. The Morgan fingerprint density at radius 3 is 2.73 bits per heavy atom. The van der Waals surface area contributed by atoms with Gasteiger partial charge in [-0.25, -0.2) is 4.98 Å². The van der Waals surface area contributed by atoms with Crippen LogP contribution < -0.4 is 15.4 Å². The molecule has 3 aromatic heterocycles. The molecule has 0 spiro atoms. The van der Waals surface area contributed by atoms with Crippen molar-refractivity contribution in [1.82, 2.24) is 25.3 Å². The number of aromatic amines is 1. The SMILES string of the molecule is CNC(=O)c1cc(Oc2ccc3nc(Nc4ccccc4-c4ncc(C)[nH]4)oc3c2)ccn1. The summed E-state index contributed by atoms with van der Waals surface area (Å²) in [6.45, 7) is 1.96. The van der Waals surface area contributed by atoms with Crippen LogP contribution in [0.25, 0.3) is 22.5 Å². The molecule has 5 rings (SSSR count). The number of hydrogen-bond donors (Lipinski definition) is 3. The smallest absolute Gasteiger partial charge is 0.300 e. The van der Waals surface area contributed by atoms with Crippen molar-refractivity contribution in [2.24, 2.45) is 0 Å². The van der Waals surface area contributed by atoms with Crippen LogP contribution >= 0.6 is 0 Å². The Morgan fingerprint density at radius 1 is 1.06 bits per heavy atom. The molecule has 0 saturated heterocycles. The number of imidazole rings is 1. The molecule has 0 atom stereocenters. The van der Waals surface area contributed by atoms with Crippen molar-refractivity contribution in [3.8, 4) is 22.9 Å². The number of amides is 1. The third-order valence-electron chi connectivity index (χ3n) is 4.91. The summed E-state index contributed by atoms with van der Waals surface area (Å²) in [5, 5.41) is 5.78. The summed E-state index contributed by atoms with van der Waals surface area (Å²) < 4.78 is 11.8. The Labute approximate surface area is 188 Å². The zero-order valence-corrected chi connectivity index (χ0v) is 17.9. The number of rotatable bonds is 6. The minimum absolute atomic E-state index is 0.271. The van der Waals surface area contributed by atoms with Gasteiger partial charge in [0.15, 0.2) is 5.58 Å². The number of aromatic nitrogens is 4. The van der Waals surface area contributed by atoms with Gasteiger partial charge in [0.25, 0.3) is 11.9 Å². The summed E-state index contributed by atoms with van der Waals surface area (Å²) in [7, 11) is 1.55. The molecular weight excluding hydrogens is 420 g/mol. The maximum absolute atomic E-state index is 11.8. The third-order valence-corrected chi connectivity index (χ3v) is 4.91. The third kappa shape index (κ3) is 4.24. The lowest BCUT2D eigenvalue weighted by atomic mass is 10.1. The Morgan fingerprint density at radius 2 is 1.91 bits per heavy atom. The van der Waals surface area contributed by atoms with E-state index in [-0.39, 0.29) is 11.6 Å². The molecule has 0 aliphatic carbocycles. The van der Waals surface area contributed by atoms with Gasteiger partial charge < -0.3 is 24.8 Å². The van der Waals surface area contributed by atoms with Crippen molar-refractivity contribution >= 4 is 28.7 Å². The summed E-state index contributed by atoms with van der Waals surface area (Å²) in [6, 6.07) is 16.7. The summed E-state index contributed by atoms with van der Waals surface area (Å²) in [6.07, 6.45) is 3.31. The van der Waals surface area contributed by atoms with Crippen molar-refractivity contribution in [3.63, 3.8) is 0 Å². The fourth-order valence-electron chi connectivity index (χ4n) is 3.35. The van der Waals surface area contributed by atoms with Crippen LogP contribution in [0.4, 0.5) is 11.7 Å². The number of oxazole rings is 1. The van der Waals surface area contributed by atoms with Gasteiger partial charge in [-0.05, 0) is 37.3 Å². The molecule has 5 aromatic rings. The number of nitrogens with one attached hydrogen (secondary N) is 3. The van der Waals surface area contributed by atoms with Crippen molar-refractivity contribution in [2.45, 2.75) is 6.92 Å². The first-order valence-corrected chi connectivity index (χ1v) is 10.2. The van der Waals surface area contributed by atoms with Crippen molar-refractivity contribution in [2.75, 3.05) is 12.4 Å². The van der Waals surface area contributed by atoms with E-state index in [1.165, 1.54) is 6.20 Å². The monoisotopic (exact) mass is 440 g/mol. The lowest BCUT2D eigenvalue weighted by Gasteiger charge is -2.07. The Kier molecular flexibility index (Phi) is 5.19. The summed E-state index contributed by atoms with van der Waals surface area (Å²) >= 11 is 0. The second kappa shape index (κ2) is 8.46. The van der Waals surface area contributed by atoms with E-state index in [9.17, 15) is 4.79 Å². The topological polar surface area (TPSA) is 118 Å². The van der Waals surface area contributed by atoms with Crippen molar-refractivity contribution in [1.29, 1.82) is 0 Å². The maximum atomic E-state index is 11.8. The number of para-hydroxylation sites is 1. The van der Waals surface area contributed by atoms with Crippen molar-refractivity contribution in [3.05, 3.63) is 78.4 Å². The number of fused-ring (bicyclic) bond motifs is 1. The number of H-pyrrole nitrogens is 1. The van der Waals surface area contributed by atoms with Crippen LogP contribution in [0.15, 0.2) is 71.4 Å². The van der Waals surface area contributed by atoms with Gasteiger partial charge in [0.1, 0.15) is 28.5 Å². The molecule has 0 aliphatic rings. The zero-order chi connectivity index (χ0) is 22.8. The molecule has 0 fully saturated rings. The number of ether oxygens (including phenoxy) is 1. The molecular formula is C24H20N6O3. The van der Waals surface area contributed by atoms with E-state index in [2.05, 4.69) is 30.6 Å². The molecule has 3 N–H and O–H groups in total. The zero-order valence-electron chi connectivity index (χ0n) is 17.9. The second-order valence-corrected chi connectivity index (χ2v) is 7.29. The largest absolute Gasteiger partial charge is 0.457 e. The Bertz CT molecular complexity index is 1460. The Balaban J connectivity index is 1.39. The van der Waals surface area contributed by atoms with Gasteiger partial charge in [-0.2, -0.15) is 4.98 Å². The molecule has 1 amide bonds. The molecule has 2 aromatic carbocycles. The highest BCUT2D eigenvalue weighted by molar-refractivity contribution is 5.92. The first-order valence-electron chi connectivity index (χ1n) is 10.2. The summed E-state index contributed by atoms with van der Waals surface area (Å²) in [4.78, 5) is 28.0. The fourth-order valence-corrected chi connectivity index (χ4v) is 3.35. The second-order valence-electron chi connectivity index (χ2n) is 7.29. The molecule has 0 aliphatic heterocycles. The molecule has 0 unspecified atom stereocenters.